The largest absolute Gasteiger partial charge is 0.422 e. The first kappa shape index (κ1) is 14.8. The van der Waals surface area contributed by atoms with Crippen LogP contribution in [0.15, 0.2) is 57.9 Å². The predicted octanol–water partition coefficient (Wildman–Crippen LogP) is 2.51. The molecule has 6 nitrogen and oxygen atoms in total. The lowest BCUT2D eigenvalue weighted by molar-refractivity contribution is 0.102. The fraction of sp³-hybridized carbons (Fsp3) is 0.118. The molecule has 0 spiro atoms. The number of carbonyl (C=O) groups is 1. The highest BCUT2D eigenvalue weighted by molar-refractivity contribution is 6.05. The lowest BCUT2D eigenvalue weighted by Gasteiger charge is -2.11. The summed E-state index contributed by atoms with van der Waals surface area (Å²) in [6, 6.07) is 12.1. The van der Waals surface area contributed by atoms with Crippen molar-refractivity contribution in [2.45, 2.75) is 0 Å². The summed E-state index contributed by atoms with van der Waals surface area (Å²) >= 11 is 0. The van der Waals surface area contributed by atoms with Crippen molar-refractivity contribution < 1.29 is 9.21 Å². The fourth-order valence-corrected chi connectivity index (χ4v) is 2.14. The number of carbonyl (C=O) groups excluding carboxylic acids is 1. The Bertz CT molecular complexity index is 914. The Hall–Kier alpha value is -3.15. The minimum absolute atomic E-state index is 0.0413. The molecule has 116 valence electrons. The van der Waals surface area contributed by atoms with Gasteiger partial charge in [-0.25, -0.2) is 9.78 Å². The number of para-hydroxylation sites is 1. The molecule has 0 fully saturated rings. The van der Waals surface area contributed by atoms with Crippen LogP contribution in [0, 0.1) is 0 Å². The van der Waals surface area contributed by atoms with Crippen LogP contribution >= 0.6 is 0 Å². The van der Waals surface area contributed by atoms with Crippen LogP contribution in [0.2, 0.25) is 0 Å². The molecule has 1 aromatic carbocycles. The van der Waals surface area contributed by atoms with Crippen LogP contribution in [0.4, 0.5) is 11.5 Å². The highest BCUT2D eigenvalue weighted by Gasteiger charge is 2.14. The van der Waals surface area contributed by atoms with Gasteiger partial charge in [0.25, 0.3) is 5.91 Å². The van der Waals surface area contributed by atoms with E-state index in [0.717, 1.165) is 5.82 Å². The summed E-state index contributed by atoms with van der Waals surface area (Å²) in [4.78, 5) is 30.3. The van der Waals surface area contributed by atoms with Crippen molar-refractivity contribution in [2.24, 2.45) is 0 Å². The Labute approximate surface area is 132 Å². The van der Waals surface area contributed by atoms with Crippen LogP contribution in [0.1, 0.15) is 10.4 Å². The number of hydrogen-bond donors (Lipinski definition) is 1. The molecule has 3 aromatic rings. The van der Waals surface area contributed by atoms with Crippen molar-refractivity contribution in [3.63, 3.8) is 0 Å². The average molecular weight is 309 g/mol. The first-order valence-electron chi connectivity index (χ1n) is 7.02. The van der Waals surface area contributed by atoms with Gasteiger partial charge in [0.15, 0.2) is 0 Å². The van der Waals surface area contributed by atoms with Gasteiger partial charge in [0, 0.05) is 19.5 Å². The molecular formula is C17H15N3O3. The smallest absolute Gasteiger partial charge is 0.349 e. The lowest BCUT2D eigenvalue weighted by Crippen LogP contribution is -2.20. The van der Waals surface area contributed by atoms with Crippen LogP contribution in [0.3, 0.4) is 0 Å². The molecule has 2 aromatic heterocycles. The molecule has 0 aliphatic carbocycles. The van der Waals surface area contributed by atoms with E-state index in [1.807, 2.05) is 25.1 Å². The minimum Gasteiger partial charge on any atom is -0.422 e. The zero-order valence-electron chi connectivity index (χ0n) is 12.7. The highest BCUT2D eigenvalue weighted by Crippen LogP contribution is 2.15. The number of fused-ring (bicyclic) bond motifs is 1. The number of amides is 1. The Balaban J connectivity index is 1.88. The van der Waals surface area contributed by atoms with Gasteiger partial charge in [-0.2, -0.15) is 0 Å². The van der Waals surface area contributed by atoms with E-state index >= 15 is 0 Å². The number of anilines is 2. The van der Waals surface area contributed by atoms with E-state index in [2.05, 4.69) is 10.3 Å². The third kappa shape index (κ3) is 3.06. The summed E-state index contributed by atoms with van der Waals surface area (Å²) < 4.78 is 5.16. The average Bonchev–Trinajstić information content (AvgIpc) is 2.54. The Morgan fingerprint density at radius 1 is 1.17 bits per heavy atom. The van der Waals surface area contributed by atoms with Gasteiger partial charge >= 0.3 is 5.63 Å². The van der Waals surface area contributed by atoms with Crippen LogP contribution in [-0.2, 0) is 0 Å². The molecule has 0 unspecified atom stereocenters. The number of nitrogens with zero attached hydrogens (tertiary/aromatic N) is 2. The van der Waals surface area contributed by atoms with Crippen molar-refractivity contribution in [1.29, 1.82) is 0 Å². The number of aromatic nitrogens is 1. The number of hydrogen-bond acceptors (Lipinski definition) is 5. The van der Waals surface area contributed by atoms with Gasteiger partial charge in [0.1, 0.15) is 17.0 Å². The summed E-state index contributed by atoms with van der Waals surface area (Å²) in [6.45, 7) is 0. The summed E-state index contributed by atoms with van der Waals surface area (Å²) in [5.74, 6) is 0.247. The summed E-state index contributed by atoms with van der Waals surface area (Å²) in [6.07, 6.45) is 1.54. The zero-order valence-corrected chi connectivity index (χ0v) is 12.7. The quantitative estimate of drug-likeness (QED) is 0.752. The molecule has 0 bridgehead atoms. The molecule has 0 radical (unpaired) electrons. The minimum atomic E-state index is -0.668. The molecule has 1 N–H and O–H groups in total. The van der Waals surface area contributed by atoms with E-state index in [4.69, 9.17) is 4.42 Å². The maximum atomic E-state index is 12.3. The Kier molecular flexibility index (Phi) is 3.80. The summed E-state index contributed by atoms with van der Waals surface area (Å²) in [5, 5.41) is 3.34. The highest BCUT2D eigenvalue weighted by atomic mass is 16.4. The second-order valence-corrected chi connectivity index (χ2v) is 5.24. The Morgan fingerprint density at radius 3 is 2.65 bits per heavy atom. The van der Waals surface area contributed by atoms with Gasteiger partial charge in [0.05, 0.1) is 11.9 Å². The van der Waals surface area contributed by atoms with Crippen LogP contribution in [0.25, 0.3) is 11.0 Å². The van der Waals surface area contributed by atoms with Gasteiger partial charge in [0.2, 0.25) is 0 Å². The normalized spacial score (nSPS) is 10.5. The van der Waals surface area contributed by atoms with Crippen molar-refractivity contribution in [2.75, 3.05) is 24.3 Å². The van der Waals surface area contributed by atoms with E-state index in [0.29, 0.717) is 16.7 Å². The molecule has 0 atom stereocenters. The van der Waals surface area contributed by atoms with Gasteiger partial charge in [-0.3, -0.25) is 4.79 Å². The van der Waals surface area contributed by atoms with Gasteiger partial charge in [-0.15, -0.1) is 0 Å². The number of nitrogens with one attached hydrogen (secondary N) is 1. The van der Waals surface area contributed by atoms with E-state index in [9.17, 15) is 9.59 Å². The number of pyridine rings is 1. The van der Waals surface area contributed by atoms with Crippen LogP contribution in [-0.4, -0.2) is 25.0 Å². The second-order valence-electron chi connectivity index (χ2n) is 5.24. The maximum Gasteiger partial charge on any atom is 0.349 e. The number of benzene rings is 1. The fourth-order valence-electron chi connectivity index (χ4n) is 2.14. The van der Waals surface area contributed by atoms with Crippen molar-refractivity contribution in [3.05, 3.63) is 64.6 Å². The molecule has 0 aliphatic heterocycles. The topological polar surface area (TPSA) is 75.4 Å². The van der Waals surface area contributed by atoms with Gasteiger partial charge in [-0.1, -0.05) is 18.2 Å². The van der Waals surface area contributed by atoms with Crippen molar-refractivity contribution in [3.8, 4) is 0 Å². The van der Waals surface area contributed by atoms with Crippen molar-refractivity contribution in [1.82, 2.24) is 4.98 Å². The van der Waals surface area contributed by atoms with Gasteiger partial charge < -0.3 is 14.6 Å². The maximum absolute atomic E-state index is 12.3. The first-order chi connectivity index (χ1) is 11.0. The van der Waals surface area contributed by atoms with E-state index in [-0.39, 0.29) is 5.56 Å². The second kappa shape index (κ2) is 5.92. The van der Waals surface area contributed by atoms with Crippen LogP contribution in [0.5, 0.6) is 0 Å². The monoisotopic (exact) mass is 309 g/mol. The number of rotatable bonds is 3. The third-order valence-corrected chi connectivity index (χ3v) is 3.35. The molecular weight excluding hydrogens is 294 g/mol. The first-order valence-corrected chi connectivity index (χ1v) is 7.02. The summed E-state index contributed by atoms with van der Waals surface area (Å²) in [5.41, 5.74) is 0.249. The standard InChI is InChI=1S/C17H15N3O3/c1-20(2)15-8-7-12(10-18-15)19-16(21)13-9-11-5-3-4-6-14(11)23-17(13)22/h3-10H,1-2H3,(H,19,21). The van der Waals surface area contributed by atoms with Crippen LogP contribution < -0.4 is 15.8 Å². The zero-order chi connectivity index (χ0) is 16.4. The Morgan fingerprint density at radius 2 is 1.96 bits per heavy atom. The molecule has 1 amide bonds. The van der Waals surface area contributed by atoms with E-state index < -0.39 is 11.5 Å². The lowest BCUT2D eigenvalue weighted by atomic mass is 10.2. The molecule has 0 aliphatic rings. The molecule has 0 saturated heterocycles. The predicted molar refractivity (Wildman–Crippen MR) is 89.0 cm³/mol. The van der Waals surface area contributed by atoms with Gasteiger partial charge in [-0.05, 0) is 24.3 Å². The molecule has 2 heterocycles. The van der Waals surface area contributed by atoms with Crippen molar-refractivity contribution >= 4 is 28.4 Å². The molecule has 23 heavy (non-hydrogen) atoms. The third-order valence-electron chi connectivity index (χ3n) is 3.35. The molecule has 6 heteroatoms. The molecule has 3 rings (SSSR count). The SMILES string of the molecule is CN(C)c1ccc(NC(=O)c2cc3ccccc3oc2=O)cn1. The summed E-state index contributed by atoms with van der Waals surface area (Å²) in [7, 11) is 3.75. The van der Waals surface area contributed by atoms with E-state index in [1.54, 1.807) is 30.3 Å². The molecule has 0 saturated carbocycles. The van der Waals surface area contributed by atoms with E-state index in [1.165, 1.54) is 12.3 Å².